The maximum atomic E-state index is 12.5. The quantitative estimate of drug-likeness (QED) is 0.925. The molecule has 0 heterocycles. The van der Waals surface area contributed by atoms with Crippen LogP contribution in [0.5, 0.6) is 0 Å². The number of amides is 1. The zero-order valence-corrected chi connectivity index (χ0v) is 12.3. The summed E-state index contributed by atoms with van der Waals surface area (Å²) >= 11 is 6.00. The van der Waals surface area contributed by atoms with Crippen LogP contribution in [-0.2, 0) is 0 Å². The molecule has 1 fully saturated rings. The number of aryl methyl sites for hydroxylation is 1. The number of benzene rings is 1. The molecule has 0 aromatic heterocycles. The molecule has 2 N–H and O–H groups in total. The van der Waals surface area contributed by atoms with Gasteiger partial charge in [-0.3, -0.25) is 4.79 Å². The van der Waals surface area contributed by atoms with Gasteiger partial charge in [-0.2, -0.15) is 0 Å². The molecule has 19 heavy (non-hydrogen) atoms. The van der Waals surface area contributed by atoms with Crippen LogP contribution < -0.4 is 5.73 Å². The van der Waals surface area contributed by atoms with Crippen LogP contribution in [0.2, 0.25) is 5.02 Å². The van der Waals surface area contributed by atoms with Gasteiger partial charge in [-0.05, 0) is 56.0 Å². The molecular weight excluding hydrogens is 260 g/mol. The third kappa shape index (κ3) is 2.93. The molecule has 2 unspecified atom stereocenters. The van der Waals surface area contributed by atoms with E-state index in [1.165, 1.54) is 0 Å². The Kier molecular flexibility index (Phi) is 4.48. The van der Waals surface area contributed by atoms with Gasteiger partial charge in [-0.25, -0.2) is 0 Å². The molecule has 0 bridgehead atoms. The lowest BCUT2D eigenvalue weighted by Crippen LogP contribution is -2.41. The van der Waals surface area contributed by atoms with Crippen molar-refractivity contribution in [2.24, 2.45) is 11.7 Å². The van der Waals surface area contributed by atoms with Gasteiger partial charge in [0.1, 0.15) is 0 Å². The molecule has 0 spiro atoms. The van der Waals surface area contributed by atoms with E-state index < -0.39 is 0 Å². The molecule has 0 radical (unpaired) electrons. The minimum absolute atomic E-state index is 0.0603. The highest BCUT2D eigenvalue weighted by atomic mass is 35.5. The summed E-state index contributed by atoms with van der Waals surface area (Å²) in [7, 11) is 1.88. The number of hydrogen-bond acceptors (Lipinski definition) is 2. The monoisotopic (exact) mass is 280 g/mol. The molecule has 0 saturated heterocycles. The first-order valence-electron chi connectivity index (χ1n) is 6.78. The van der Waals surface area contributed by atoms with E-state index in [1.54, 1.807) is 12.1 Å². The number of halogens is 1. The van der Waals surface area contributed by atoms with E-state index in [2.05, 4.69) is 0 Å². The van der Waals surface area contributed by atoms with Crippen LogP contribution in [0.3, 0.4) is 0 Å². The summed E-state index contributed by atoms with van der Waals surface area (Å²) in [5.74, 6) is 0.493. The van der Waals surface area contributed by atoms with Crippen molar-refractivity contribution in [3.8, 4) is 0 Å². The van der Waals surface area contributed by atoms with Crippen LogP contribution in [-0.4, -0.2) is 30.4 Å². The van der Waals surface area contributed by atoms with Crippen LogP contribution in [0.15, 0.2) is 18.2 Å². The Morgan fingerprint density at radius 3 is 2.84 bits per heavy atom. The molecule has 0 aliphatic heterocycles. The van der Waals surface area contributed by atoms with Gasteiger partial charge in [-0.15, -0.1) is 0 Å². The van der Waals surface area contributed by atoms with E-state index in [1.807, 2.05) is 24.9 Å². The van der Waals surface area contributed by atoms with Crippen LogP contribution in [0.4, 0.5) is 0 Å². The van der Waals surface area contributed by atoms with E-state index in [0.29, 0.717) is 23.0 Å². The van der Waals surface area contributed by atoms with E-state index >= 15 is 0 Å². The predicted octanol–water partition coefficient (Wildman–Crippen LogP) is 2.85. The van der Waals surface area contributed by atoms with Crippen molar-refractivity contribution in [3.05, 3.63) is 34.3 Å². The van der Waals surface area contributed by atoms with Crippen LogP contribution in [0.25, 0.3) is 0 Å². The standard InChI is InChI=1S/C15H21ClN2O/c1-10-8-11(6-7-13(10)16)15(19)18(2)14-5-3-4-12(14)9-17/h6-8,12,14H,3-5,9,17H2,1-2H3. The first-order valence-corrected chi connectivity index (χ1v) is 7.15. The largest absolute Gasteiger partial charge is 0.338 e. The molecule has 1 aliphatic carbocycles. The van der Waals surface area contributed by atoms with E-state index in [-0.39, 0.29) is 11.9 Å². The Balaban J connectivity index is 2.16. The van der Waals surface area contributed by atoms with Crippen molar-refractivity contribution >= 4 is 17.5 Å². The molecule has 2 atom stereocenters. The summed E-state index contributed by atoms with van der Waals surface area (Å²) in [6.07, 6.45) is 3.33. The highest BCUT2D eigenvalue weighted by Gasteiger charge is 2.32. The molecule has 1 aromatic carbocycles. The molecule has 1 saturated carbocycles. The van der Waals surface area contributed by atoms with Crippen LogP contribution >= 0.6 is 11.6 Å². The van der Waals surface area contributed by atoms with Gasteiger partial charge in [-0.1, -0.05) is 18.0 Å². The van der Waals surface area contributed by atoms with Crippen molar-refractivity contribution in [2.75, 3.05) is 13.6 Å². The van der Waals surface area contributed by atoms with Crippen molar-refractivity contribution < 1.29 is 4.79 Å². The molecule has 2 rings (SSSR count). The summed E-state index contributed by atoms with van der Waals surface area (Å²) in [6, 6.07) is 5.70. The lowest BCUT2D eigenvalue weighted by Gasteiger charge is -2.29. The maximum Gasteiger partial charge on any atom is 0.253 e. The molecule has 1 aliphatic rings. The number of carbonyl (C=O) groups is 1. The fraction of sp³-hybridized carbons (Fsp3) is 0.533. The highest BCUT2D eigenvalue weighted by molar-refractivity contribution is 6.31. The smallest absolute Gasteiger partial charge is 0.253 e. The summed E-state index contributed by atoms with van der Waals surface area (Å²) in [5.41, 5.74) is 7.42. The normalized spacial score (nSPS) is 22.5. The summed E-state index contributed by atoms with van der Waals surface area (Å²) in [6.45, 7) is 2.57. The SMILES string of the molecule is Cc1cc(C(=O)N(C)C2CCCC2CN)ccc1Cl. The summed E-state index contributed by atoms with van der Waals surface area (Å²) < 4.78 is 0. The third-order valence-electron chi connectivity index (χ3n) is 4.14. The Bertz CT molecular complexity index is 475. The molecule has 4 heteroatoms. The van der Waals surface area contributed by atoms with Gasteiger partial charge >= 0.3 is 0 Å². The predicted molar refractivity (Wildman–Crippen MR) is 78.5 cm³/mol. The van der Waals surface area contributed by atoms with Crippen molar-refractivity contribution in [2.45, 2.75) is 32.2 Å². The second-order valence-corrected chi connectivity index (χ2v) is 5.78. The van der Waals surface area contributed by atoms with Gasteiger partial charge in [0.25, 0.3) is 5.91 Å². The zero-order valence-electron chi connectivity index (χ0n) is 11.5. The minimum Gasteiger partial charge on any atom is -0.338 e. The zero-order chi connectivity index (χ0) is 14.0. The molecule has 1 aromatic rings. The maximum absolute atomic E-state index is 12.5. The Morgan fingerprint density at radius 2 is 2.21 bits per heavy atom. The highest BCUT2D eigenvalue weighted by Crippen LogP contribution is 2.29. The average molecular weight is 281 g/mol. The third-order valence-corrected chi connectivity index (χ3v) is 4.57. The Hall–Kier alpha value is -1.06. The van der Waals surface area contributed by atoms with Gasteiger partial charge in [0.2, 0.25) is 0 Å². The van der Waals surface area contributed by atoms with Crippen LogP contribution in [0.1, 0.15) is 35.2 Å². The second-order valence-electron chi connectivity index (χ2n) is 5.37. The molecule has 1 amide bonds. The molecule has 104 valence electrons. The molecular formula is C15H21ClN2O. The molecule has 3 nitrogen and oxygen atoms in total. The average Bonchev–Trinajstić information content (AvgIpc) is 2.88. The lowest BCUT2D eigenvalue weighted by molar-refractivity contribution is 0.0700. The first kappa shape index (κ1) is 14.4. The number of nitrogens with zero attached hydrogens (tertiary/aromatic N) is 1. The minimum atomic E-state index is 0.0603. The van der Waals surface area contributed by atoms with Gasteiger partial charge in [0.15, 0.2) is 0 Å². The second kappa shape index (κ2) is 5.93. The summed E-state index contributed by atoms with van der Waals surface area (Å²) in [5, 5.41) is 0.694. The number of rotatable bonds is 3. The van der Waals surface area contributed by atoms with Gasteiger partial charge in [0, 0.05) is 23.7 Å². The van der Waals surface area contributed by atoms with E-state index in [9.17, 15) is 4.79 Å². The Morgan fingerprint density at radius 1 is 1.47 bits per heavy atom. The van der Waals surface area contributed by atoms with E-state index in [0.717, 1.165) is 24.8 Å². The van der Waals surface area contributed by atoms with E-state index in [4.69, 9.17) is 17.3 Å². The van der Waals surface area contributed by atoms with Gasteiger partial charge < -0.3 is 10.6 Å². The fourth-order valence-corrected chi connectivity index (χ4v) is 3.05. The number of carbonyl (C=O) groups excluding carboxylic acids is 1. The number of hydrogen-bond donors (Lipinski definition) is 1. The van der Waals surface area contributed by atoms with Crippen molar-refractivity contribution in [1.82, 2.24) is 4.90 Å². The Labute approximate surface area is 119 Å². The van der Waals surface area contributed by atoms with Crippen molar-refractivity contribution in [3.63, 3.8) is 0 Å². The van der Waals surface area contributed by atoms with Crippen molar-refractivity contribution in [1.29, 1.82) is 0 Å². The topological polar surface area (TPSA) is 46.3 Å². The summed E-state index contributed by atoms with van der Waals surface area (Å²) in [4.78, 5) is 14.4. The van der Waals surface area contributed by atoms with Crippen LogP contribution in [0, 0.1) is 12.8 Å². The lowest BCUT2D eigenvalue weighted by atomic mass is 10.0. The fourth-order valence-electron chi connectivity index (χ4n) is 2.93. The number of nitrogens with two attached hydrogens (primary N) is 1. The van der Waals surface area contributed by atoms with Gasteiger partial charge in [0.05, 0.1) is 0 Å². The first-order chi connectivity index (χ1) is 9.04.